The van der Waals surface area contributed by atoms with Crippen molar-refractivity contribution in [3.05, 3.63) is 32.2 Å². The summed E-state index contributed by atoms with van der Waals surface area (Å²) in [6.45, 7) is 8.89. The number of aryl methyl sites for hydroxylation is 1. The molecule has 0 radical (unpaired) electrons. The highest BCUT2D eigenvalue weighted by Gasteiger charge is 2.20. The van der Waals surface area contributed by atoms with E-state index < -0.39 is 0 Å². The lowest BCUT2D eigenvalue weighted by molar-refractivity contribution is 0.376. The van der Waals surface area contributed by atoms with Gasteiger partial charge in [0.25, 0.3) is 0 Å². The molecule has 0 fully saturated rings. The molecule has 0 aliphatic heterocycles. The van der Waals surface area contributed by atoms with Gasteiger partial charge in [0.15, 0.2) is 0 Å². The molecular weight excluding hydrogens is 396 g/mol. The van der Waals surface area contributed by atoms with Crippen LogP contribution < -0.4 is 0 Å². The van der Waals surface area contributed by atoms with E-state index in [1.165, 1.54) is 20.1 Å². The second-order valence-electron chi connectivity index (χ2n) is 5.36. The van der Waals surface area contributed by atoms with Gasteiger partial charge >= 0.3 is 0 Å². The normalized spacial score (nSPS) is 13.9. The summed E-state index contributed by atoms with van der Waals surface area (Å²) in [5.74, 6) is 0. The molecule has 16 heavy (non-hydrogen) atoms. The molecule has 3 heteroatoms. The van der Waals surface area contributed by atoms with Gasteiger partial charge in [-0.15, -0.1) is 0 Å². The number of halogens is 3. The van der Waals surface area contributed by atoms with Crippen LogP contribution in [-0.2, 0) is 0 Å². The van der Waals surface area contributed by atoms with E-state index in [0.29, 0.717) is 10.2 Å². The van der Waals surface area contributed by atoms with Crippen LogP contribution >= 0.6 is 47.8 Å². The Kier molecular flexibility index (Phi) is 5.09. The third-order valence-electron chi connectivity index (χ3n) is 2.41. The summed E-state index contributed by atoms with van der Waals surface area (Å²) in [6.07, 6.45) is 1.11. The minimum atomic E-state index is 0.324. The highest BCUT2D eigenvalue weighted by molar-refractivity contribution is 9.11. The molecule has 1 rings (SSSR count). The van der Waals surface area contributed by atoms with Crippen LogP contribution in [0.25, 0.3) is 0 Å². The molecule has 1 aromatic rings. The van der Waals surface area contributed by atoms with Crippen LogP contribution in [0.4, 0.5) is 0 Å². The maximum Gasteiger partial charge on any atom is 0.0411 e. The maximum atomic E-state index is 3.78. The van der Waals surface area contributed by atoms with Crippen LogP contribution in [0, 0.1) is 12.3 Å². The van der Waals surface area contributed by atoms with Crippen molar-refractivity contribution < 1.29 is 0 Å². The number of hydrogen-bond donors (Lipinski definition) is 0. The van der Waals surface area contributed by atoms with E-state index in [1.54, 1.807) is 0 Å². The fourth-order valence-electron chi connectivity index (χ4n) is 1.55. The van der Waals surface area contributed by atoms with Gasteiger partial charge in [0.1, 0.15) is 0 Å². The molecule has 1 atom stereocenters. The summed E-state index contributed by atoms with van der Waals surface area (Å²) in [5.41, 5.74) is 2.89. The lowest BCUT2D eigenvalue weighted by Crippen LogP contribution is -2.08. The highest BCUT2D eigenvalue weighted by Crippen LogP contribution is 2.40. The van der Waals surface area contributed by atoms with E-state index in [4.69, 9.17) is 0 Å². The third kappa shape index (κ3) is 4.15. The fraction of sp³-hybridized carbons (Fsp3) is 0.538. The quantitative estimate of drug-likeness (QED) is 0.493. The van der Waals surface area contributed by atoms with Gasteiger partial charge in [-0.2, -0.15) is 0 Å². The predicted octanol–water partition coefficient (Wildman–Crippen LogP) is 6.39. The second kappa shape index (κ2) is 5.53. The predicted molar refractivity (Wildman–Crippen MR) is 82.3 cm³/mol. The van der Waals surface area contributed by atoms with E-state index in [-0.39, 0.29) is 0 Å². The Bertz CT molecular complexity index is 377. The first-order valence-corrected chi connectivity index (χ1v) is 7.80. The summed E-state index contributed by atoms with van der Waals surface area (Å²) < 4.78 is 2.35. The van der Waals surface area contributed by atoms with Gasteiger partial charge in [-0.25, -0.2) is 0 Å². The summed E-state index contributed by atoms with van der Waals surface area (Å²) in [5, 5.41) is 0. The van der Waals surface area contributed by atoms with E-state index in [9.17, 15) is 0 Å². The minimum Gasteiger partial charge on any atom is -0.0838 e. The maximum absolute atomic E-state index is 3.78. The monoisotopic (exact) mass is 410 g/mol. The van der Waals surface area contributed by atoms with Crippen LogP contribution in [-0.4, -0.2) is 0 Å². The van der Waals surface area contributed by atoms with Crippen LogP contribution in [0.1, 0.15) is 43.1 Å². The average molecular weight is 413 g/mol. The van der Waals surface area contributed by atoms with Crippen LogP contribution in [0.3, 0.4) is 0 Å². The Balaban J connectivity index is 3.00. The average Bonchev–Trinajstić information content (AvgIpc) is 2.08. The zero-order chi connectivity index (χ0) is 12.5. The Morgan fingerprint density at radius 3 is 2.19 bits per heavy atom. The zero-order valence-electron chi connectivity index (χ0n) is 10.1. The first-order chi connectivity index (χ1) is 7.20. The second-order valence-corrected chi connectivity index (χ2v) is 8.17. The summed E-state index contributed by atoms with van der Waals surface area (Å²) in [6, 6.07) is 4.36. The Morgan fingerprint density at radius 1 is 1.12 bits per heavy atom. The van der Waals surface area contributed by atoms with E-state index >= 15 is 0 Å². The molecule has 1 unspecified atom stereocenters. The Hall–Kier alpha value is 0.660. The standard InChI is InChI=1S/C13H17Br3/c1-8-5-11(15)9(6-10(8)14)12(16)7-13(2,3)4/h5-6,12H,7H2,1-4H3. The van der Waals surface area contributed by atoms with Crippen LogP contribution in [0.5, 0.6) is 0 Å². The first kappa shape index (κ1) is 14.7. The van der Waals surface area contributed by atoms with Crippen molar-refractivity contribution in [3.63, 3.8) is 0 Å². The summed E-state index contributed by atoms with van der Waals surface area (Å²) >= 11 is 11.0. The molecule has 0 aliphatic rings. The molecule has 1 aromatic carbocycles. The Labute approximate surface area is 124 Å². The smallest absolute Gasteiger partial charge is 0.0411 e. The molecular formula is C13H17Br3. The molecule has 90 valence electrons. The van der Waals surface area contributed by atoms with Crippen molar-refractivity contribution in [2.75, 3.05) is 0 Å². The van der Waals surface area contributed by atoms with Crippen molar-refractivity contribution in [1.29, 1.82) is 0 Å². The van der Waals surface area contributed by atoms with Gasteiger partial charge in [0, 0.05) is 13.8 Å². The molecule has 0 spiro atoms. The van der Waals surface area contributed by atoms with Crippen molar-refractivity contribution >= 4 is 47.8 Å². The van der Waals surface area contributed by atoms with Gasteiger partial charge in [0.05, 0.1) is 0 Å². The number of rotatable bonds is 2. The highest BCUT2D eigenvalue weighted by atomic mass is 79.9. The lowest BCUT2D eigenvalue weighted by Gasteiger charge is -2.23. The molecule has 0 aliphatic carbocycles. The van der Waals surface area contributed by atoms with Gasteiger partial charge < -0.3 is 0 Å². The van der Waals surface area contributed by atoms with Crippen molar-refractivity contribution in [2.45, 2.75) is 38.9 Å². The molecule has 0 aromatic heterocycles. The van der Waals surface area contributed by atoms with Crippen molar-refractivity contribution in [1.82, 2.24) is 0 Å². The third-order valence-corrected chi connectivity index (χ3v) is 4.77. The topological polar surface area (TPSA) is 0 Å². The number of alkyl halides is 1. The lowest BCUT2D eigenvalue weighted by atomic mass is 9.88. The molecule has 0 heterocycles. The van der Waals surface area contributed by atoms with Gasteiger partial charge in [-0.05, 0) is 42.0 Å². The van der Waals surface area contributed by atoms with Gasteiger partial charge in [0.2, 0.25) is 0 Å². The summed E-state index contributed by atoms with van der Waals surface area (Å²) in [4.78, 5) is 0.388. The van der Waals surface area contributed by atoms with Crippen molar-refractivity contribution in [3.8, 4) is 0 Å². The molecule has 0 saturated carbocycles. The summed E-state index contributed by atoms with van der Waals surface area (Å²) in [7, 11) is 0. The fourth-order valence-corrected chi connectivity index (χ4v) is 4.30. The van der Waals surface area contributed by atoms with E-state index in [0.717, 1.165) is 6.42 Å². The van der Waals surface area contributed by atoms with E-state index in [1.807, 2.05) is 0 Å². The molecule has 0 bridgehead atoms. The largest absolute Gasteiger partial charge is 0.0838 e. The van der Waals surface area contributed by atoms with Gasteiger partial charge in [-0.1, -0.05) is 68.6 Å². The van der Waals surface area contributed by atoms with Crippen molar-refractivity contribution in [2.24, 2.45) is 5.41 Å². The van der Waals surface area contributed by atoms with Crippen LogP contribution in [0.2, 0.25) is 0 Å². The molecule has 0 N–H and O–H groups in total. The van der Waals surface area contributed by atoms with E-state index in [2.05, 4.69) is 87.6 Å². The molecule has 0 saturated heterocycles. The van der Waals surface area contributed by atoms with Gasteiger partial charge in [-0.3, -0.25) is 0 Å². The number of hydrogen-bond acceptors (Lipinski definition) is 0. The zero-order valence-corrected chi connectivity index (χ0v) is 14.8. The Morgan fingerprint density at radius 2 is 1.69 bits per heavy atom. The SMILES string of the molecule is Cc1cc(Br)c(C(Br)CC(C)(C)C)cc1Br. The molecule has 0 amide bonds. The first-order valence-electron chi connectivity index (χ1n) is 5.30. The minimum absolute atomic E-state index is 0.324. The number of benzene rings is 1. The van der Waals surface area contributed by atoms with Crippen LogP contribution in [0.15, 0.2) is 21.1 Å². The molecule has 0 nitrogen and oxygen atoms in total.